The van der Waals surface area contributed by atoms with Gasteiger partial charge in [0.2, 0.25) is 11.9 Å². The molecular weight excluding hydrogens is 370 g/mol. The summed E-state index contributed by atoms with van der Waals surface area (Å²) in [7, 11) is 0. The number of benzene rings is 1. The molecule has 1 fully saturated rings. The average molecular weight is 390 g/mol. The highest BCUT2D eigenvalue weighted by Gasteiger charge is 2.19. The Kier molecular flexibility index (Phi) is 5.77. The van der Waals surface area contributed by atoms with Gasteiger partial charge in [0.1, 0.15) is 0 Å². The van der Waals surface area contributed by atoms with Gasteiger partial charge in [0, 0.05) is 57.2 Å². The summed E-state index contributed by atoms with van der Waals surface area (Å²) in [5, 5.41) is 2.92. The number of carbonyl (C=O) groups excluding carboxylic acids is 1. The van der Waals surface area contributed by atoms with Crippen LogP contribution in [-0.2, 0) is 4.79 Å². The Balaban J connectivity index is 1.41. The minimum atomic E-state index is 0.0554. The Morgan fingerprint density at radius 3 is 2.42 bits per heavy atom. The van der Waals surface area contributed by atoms with E-state index < -0.39 is 0 Å². The van der Waals surface area contributed by atoms with Crippen molar-refractivity contribution in [3.63, 3.8) is 0 Å². The molecule has 0 unspecified atom stereocenters. The molecule has 1 aliphatic heterocycles. The van der Waals surface area contributed by atoms with Crippen LogP contribution in [0, 0.1) is 0 Å². The van der Waals surface area contributed by atoms with E-state index in [0.29, 0.717) is 6.42 Å². The lowest BCUT2D eigenvalue weighted by Crippen LogP contribution is -2.47. The lowest BCUT2D eigenvalue weighted by molar-refractivity contribution is -0.116. The lowest BCUT2D eigenvalue weighted by Gasteiger charge is -2.34. The van der Waals surface area contributed by atoms with Crippen LogP contribution in [0.15, 0.2) is 47.2 Å². The molecule has 1 aromatic carbocycles. The van der Waals surface area contributed by atoms with Crippen molar-refractivity contribution in [1.82, 2.24) is 14.9 Å². The Labute approximate surface area is 150 Å². The number of hydrogen-bond donors (Lipinski definition) is 1. The topological polar surface area (TPSA) is 61.4 Å². The van der Waals surface area contributed by atoms with Crippen molar-refractivity contribution in [2.45, 2.75) is 6.42 Å². The molecule has 126 valence electrons. The maximum atomic E-state index is 12.0. The molecule has 0 bridgehead atoms. The number of aromatic nitrogens is 2. The van der Waals surface area contributed by atoms with E-state index in [4.69, 9.17) is 0 Å². The van der Waals surface area contributed by atoms with Gasteiger partial charge in [-0.05, 0) is 28.1 Å². The van der Waals surface area contributed by atoms with Gasteiger partial charge in [0.15, 0.2) is 0 Å². The smallest absolute Gasteiger partial charge is 0.225 e. The van der Waals surface area contributed by atoms with Gasteiger partial charge < -0.3 is 10.2 Å². The molecular formula is C17H20BrN5O. The number of carbonyl (C=O) groups is 1. The molecule has 0 aliphatic carbocycles. The molecule has 0 radical (unpaired) electrons. The van der Waals surface area contributed by atoms with E-state index in [1.807, 2.05) is 30.3 Å². The average Bonchev–Trinajstić information content (AvgIpc) is 2.62. The van der Waals surface area contributed by atoms with E-state index in [2.05, 4.69) is 41.0 Å². The molecule has 24 heavy (non-hydrogen) atoms. The number of piperazine rings is 1. The highest BCUT2D eigenvalue weighted by atomic mass is 79.9. The van der Waals surface area contributed by atoms with Crippen molar-refractivity contribution >= 4 is 33.5 Å². The number of nitrogens with zero attached hydrogens (tertiary/aromatic N) is 4. The number of rotatable bonds is 5. The molecule has 0 saturated carbocycles. The Bertz CT molecular complexity index is 656. The van der Waals surface area contributed by atoms with Crippen LogP contribution in [0.3, 0.4) is 0 Å². The summed E-state index contributed by atoms with van der Waals surface area (Å²) in [6.45, 7) is 4.35. The number of anilines is 2. The van der Waals surface area contributed by atoms with E-state index in [0.717, 1.165) is 48.8 Å². The molecule has 1 aromatic heterocycles. The minimum Gasteiger partial charge on any atom is -0.338 e. The van der Waals surface area contributed by atoms with Gasteiger partial charge >= 0.3 is 0 Å². The quantitative estimate of drug-likeness (QED) is 0.850. The van der Waals surface area contributed by atoms with Crippen molar-refractivity contribution in [2.24, 2.45) is 0 Å². The van der Waals surface area contributed by atoms with Crippen molar-refractivity contribution in [3.8, 4) is 0 Å². The first-order chi connectivity index (χ1) is 11.7. The third-order valence-electron chi connectivity index (χ3n) is 3.97. The second-order valence-electron chi connectivity index (χ2n) is 5.69. The zero-order chi connectivity index (χ0) is 16.8. The predicted octanol–water partition coefficient (Wildman–Crippen LogP) is 2.39. The number of nitrogens with one attached hydrogen (secondary N) is 1. The van der Waals surface area contributed by atoms with Crippen LogP contribution in [-0.4, -0.2) is 53.5 Å². The second kappa shape index (κ2) is 8.21. The monoisotopic (exact) mass is 389 g/mol. The summed E-state index contributed by atoms with van der Waals surface area (Å²) in [6, 6.07) is 9.56. The molecule has 0 atom stereocenters. The third kappa shape index (κ3) is 4.75. The minimum absolute atomic E-state index is 0.0554. The number of hydrogen-bond acceptors (Lipinski definition) is 5. The van der Waals surface area contributed by atoms with E-state index >= 15 is 0 Å². The van der Waals surface area contributed by atoms with E-state index in [1.165, 1.54) is 0 Å². The molecule has 1 N–H and O–H groups in total. The largest absolute Gasteiger partial charge is 0.338 e. The van der Waals surface area contributed by atoms with Crippen molar-refractivity contribution in [1.29, 1.82) is 0 Å². The fraction of sp³-hybridized carbons (Fsp3) is 0.353. The number of halogens is 1. The summed E-state index contributed by atoms with van der Waals surface area (Å²) in [4.78, 5) is 25.1. The van der Waals surface area contributed by atoms with Crippen molar-refractivity contribution in [2.75, 3.05) is 42.9 Å². The third-order valence-corrected chi connectivity index (χ3v) is 4.38. The highest BCUT2D eigenvalue weighted by molar-refractivity contribution is 9.10. The van der Waals surface area contributed by atoms with E-state index in [1.54, 1.807) is 12.4 Å². The van der Waals surface area contributed by atoms with Gasteiger partial charge in [-0.1, -0.05) is 18.2 Å². The fourth-order valence-corrected chi connectivity index (χ4v) is 2.85. The van der Waals surface area contributed by atoms with Crippen LogP contribution in [0.5, 0.6) is 0 Å². The van der Waals surface area contributed by atoms with Crippen LogP contribution in [0.4, 0.5) is 11.6 Å². The van der Waals surface area contributed by atoms with E-state index in [-0.39, 0.29) is 5.91 Å². The SMILES string of the molecule is O=C(CCN1CCN(c2ncc(Br)cn2)CC1)Nc1ccccc1. The first-order valence-electron chi connectivity index (χ1n) is 8.00. The van der Waals surface area contributed by atoms with Gasteiger partial charge in [-0.15, -0.1) is 0 Å². The Morgan fingerprint density at radius 1 is 1.08 bits per heavy atom. The second-order valence-corrected chi connectivity index (χ2v) is 6.61. The molecule has 0 spiro atoms. The first-order valence-corrected chi connectivity index (χ1v) is 8.80. The zero-order valence-corrected chi connectivity index (χ0v) is 14.9. The molecule has 2 aromatic rings. The van der Waals surface area contributed by atoms with Gasteiger partial charge in [0.25, 0.3) is 0 Å². The van der Waals surface area contributed by atoms with Gasteiger partial charge in [-0.25, -0.2) is 9.97 Å². The number of para-hydroxylation sites is 1. The first kappa shape index (κ1) is 16.9. The molecule has 1 saturated heterocycles. The van der Waals surface area contributed by atoms with Crippen LogP contribution in [0.1, 0.15) is 6.42 Å². The van der Waals surface area contributed by atoms with Crippen molar-refractivity contribution in [3.05, 3.63) is 47.2 Å². The predicted molar refractivity (Wildman–Crippen MR) is 98.1 cm³/mol. The Hall–Kier alpha value is -1.99. The van der Waals surface area contributed by atoms with Crippen molar-refractivity contribution < 1.29 is 4.79 Å². The van der Waals surface area contributed by atoms with Crippen LogP contribution in [0.25, 0.3) is 0 Å². The lowest BCUT2D eigenvalue weighted by atomic mass is 10.2. The fourth-order valence-electron chi connectivity index (χ4n) is 2.64. The van der Waals surface area contributed by atoms with Crippen LogP contribution >= 0.6 is 15.9 Å². The molecule has 1 amide bonds. The summed E-state index contributed by atoms with van der Waals surface area (Å²) < 4.78 is 0.884. The summed E-state index contributed by atoms with van der Waals surface area (Å²) in [6.07, 6.45) is 4.04. The van der Waals surface area contributed by atoms with Crippen LogP contribution in [0.2, 0.25) is 0 Å². The van der Waals surface area contributed by atoms with E-state index in [9.17, 15) is 4.79 Å². The standard InChI is InChI=1S/C17H20BrN5O/c18-14-12-19-17(20-13-14)23-10-8-22(9-11-23)7-6-16(24)21-15-4-2-1-3-5-15/h1-5,12-13H,6-11H2,(H,21,24). The summed E-state index contributed by atoms with van der Waals surface area (Å²) >= 11 is 3.35. The summed E-state index contributed by atoms with van der Waals surface area (Å²) in [5.74, 6) is 0.819. The van der Waals surface area contributed by atoms with Gasteiger partial charge in [0.05, 0.1) is 4.47 Å². The molecule has 7 heteroatoms. The zero-order valence-electron chi connectivity index (χ0n) is 13.4. The normalized spacial score (nSPS) is 15.3. The molecule has 1 aliphatic rings. The van der Waals surface area contributed by atoms with Gasteiger partial charge in [-0.3, -0.25) is 9.69 Å². The maximum absolute atomic E-state index is 12.0. The molecule has 6 nitrogen and oxygen atoms in total. The van der Waals surface area contributed by atoms with Crippen LogP contribution < -0.4 is 10.2 Å². The molecule has 3 rings (SSSR count). The maximum Gasteiger partial charge on any atom is 0.225 e. The Morgan fingerprint density at radius 2 is 1.75 bits per heavy atom. The van der Waals surface area contributed by atoms with Gasteiger partial charge in [-0.2, -0.15) is 0 Å². The number of amides is 1. The molecule has 2 heterocycles. The summed E-state index contributed by atoms with van der Waals surface area (Å²) in [5.41, 5.74) is 0.847. The highest BCUT2D eigenvalue weighted by Crippen LogP contribution is 2.13.